The Labute approximate surface area is 209 Å². The fourth-order valence-corrected chi connectivity index (χ4v) is 4.66. The number of benzene rings is 1. The Morgan fingerprint density at radius 2 is 1.81 bits per heavy atom. The van der Waals surface area contributed by atoms with Crippen molar-refractivity contribution in [2.75, 3.05) is 51.2 Å². The van der Waals surface area contributed by atoms with Gasteiger partial charge in [-0.2, -0.15) is 0 Å². The smallest absolute Gasteiger partial charge is 0.191 e. The van der Waals surface area contributed by atoms with E-state index in [0.29, 0.717) is 0 Å². The predicted octanol–water partition coefficient (Wildman–Crippen LogP) is 3.63. The van der Waals surface area contributed by atoms with Gasteiger partial charge in [-0.3, -0.25) is 4.99 Å². The number of likely N-dealkylation sites (N-methyl/N-ethyl adjacent to an activating group) is 1. The summed E-state index contributed by atoms with van der Waals surface area (Å²) in [7, 11) is 1.84. The van der Waals surface area contributed by atoms with E-state index in [0.717, 1.165) is 57.6 Å². The second kappa shape index (κ2) is 11.8. The van der Waals surface area contributed by atoms with Crippen molar-refractivity contribution < 1.29 is 0 Å². The van der Waals surface area contributed by atoms with E-state index in [-0.39, 0.29) is 29.4 Å². The molecular formula is C25H37IN6. The zero-order valence-electron chi connectivity index (χ0n) is 19.4. The van der Waals surface area contributed by atoms with Gasteiger partial charge in [0, 0.05) is 57.9 Å². The van der Waals surface area contributed by atoms with Crippen LogP contribution in [0.15, 0.2) is 53.7 Å². The highest BCUT2D eigenvalue weighted by molar-refractivity contribution is 14.0. The van der Waals surface area contributed by atoms with Gasteiger partial charge in [0.05, 0.1) is 0 Å². The Morgan fingerprint density at radius 1 is 1.06 bits per heavy atom. The molecule has 0 bridgehead atoms. The number of pyridine rings is 1. The number of hydrogen-bond acceptors (Lipinski definition) is 4. The molecule has 2 fully saturated rings. The van der Waals surface area contributed by atoms with Gasteiger partial charge in [0.25, 0.3) is 0 Å². The van der Waals surface area contributed by atoms with Crippen LogP contribution in [0.1, 0.15) is 37.3 Å². The molecule has 1 aromatic carbocycles. The van der Waals surface area contributed by atoms with Gasteiger partial charge in [-0.15, -0.1) is 24.0 Å². The summed E-state index contributed by atoms with van der Waals surface area (Å²) in [5, 5.41) is 7.07. The zero-order valence-corrected chi connectivity index (χ0v) is 21.7. The summed E-state index contributed by atoms with van der Waals surface area (Å²) in [5.41, 5.74) is 2.90. The van der Waals surface area contributed by atoms with Crippen LogP contribution in [0.5, 0.6) is 0 Å². The maximum Gasteiger partial charge on any atom is 0.191 e. The van der Waals surface area contributed by atoms with Gasteiger partial charge in [0.2, 0.25) is 0 Å². The Morgan fingerprint density at radius 3 is 2.44 bits per heavy atom. The maximum absolute atomic E-state index is 4.62. The van der Waals surface area contributed by atoms with E-state index in [9.17, 15) is 0 Å². The molecule has 1 aliphatic carbocycles. The number of anilines is 1. The third-order valence-electron chi connectivity index (χ3n) is 6.93. The summed E-state index contributed by atoms with van der Waals surface area (Å²) in [6.45, 7) is 9.32. The minimum Gasteiger partial charge on any atom is -0.356 e. The Bertz CT molecular complexity index is 860. The van der Waals surface area contributed by atoms with Crippen molar-refractivity contribution in [3.63, 3.8) is 0 Å². The standard InChI is InChI=1S/C25H36N6.HI/c1-3-30-14-16-31(17-15-30)23-18-21(10-13-27-23)19-28-24(26-2)29-20-25(11-7-12-25)22-8-5-4-6-9-22;/h4-6,8-10,13,18H,3,7,11-12,14-17,19-20H2,1-2H3,(H2,26,28,29);1H. The molecule has 7 heteroatoms. The lowest BCUT2D eigenvalue weighted by molar-refractivity contribution is 0.244. The van der Waals surface area contributed by atoms with Crippen LogP contribution in [-0.4, -0.2) is 62.2 Å². The third-order valence-corrected chi connectivity index (χ3v) is 6.93. The van der Waals surface area contributed by atoms with Gasteiger partial charge < -0.3 is 20.4 Å². The number of aliphatic imine (C=N–C) groups is 1. The maximum atomic E-state index is 4.62. The van der Waals surface area contributed by atoms with Crippen molar-refractivity contribution in [2.24, 2.45) is 4.99 Å². The summed E-state index contributed by atoms with van der Waals surface area (Å²) in [6.07, 6.45) is 5.70. The first kappa shape index (κ1) is 24.8. The number of aromatic nitrogens is 1. The fourth-order valence-electron chi connectivity index (χ4n) is 4.66. The van der Waals surface area contributed by atoms with E-state index in [1.54, 1.807) is 0 Å². The van der Waals surface area contributed by atoms with Gasteiger partial charge in [-0.05, 0) is 42.6 Å². The SMILES string of the molecule is CCN1CCN(c2cc(CNC(=NC)NCC3(c4ccccc4)CCC3)ccn2)CC1.I. The molecule has 1 aliphatic heterocycles. The minimum absolute atomic E-state index is 0. The quantitative estimate of drug-likeness (QED) is 0.315. The average Bonchev–Trinajstić information content (AvgIpc) is 2.81. The van der Waals surface area contributed by atoms with E-state index in [1.165, 1.54) is 30.4 Å². The van der Waals surface area contributed by atoms with Gasteiger partial charge in [0.15, 0.2) is 5.96 Å². The average molecular weight is 549 g/mol. The van der Waals surface area contributed by atoms with Gasteiger partial charge in [0.1, 0.15) is 5.82 Å². The summed E-state index contributed by atoms with van der Waals surface area (Å²) < 4.78 is 0. The van der Waals surface area contributed by atoms with Crippen molar-refractivity contribution in [1.29, 1.82) is 0 Å². The number of rotatable bonds is 7. The van der Waals surface area contributed by atoms with Crippen LogP contribution in [0.2, 0.25) is 0 Å². The van der Waals surface area contributed by atoms with E-state index < -0.39 is 0 Å². The lowest BCUT2D eigenvalue weighted by Crippen LogP contribution is -2.48. The molecule has 2 heterocycles. The molecule has 174 valence electrons. The molecule has 2 aliphatic rings. The zero-order chi connectivity index (χ0) is 21.5. The predicted molar refractivity (Wildman–Crippen MR) is 144 cm³/mol. The number of halogens is 1. The number of guanidine groups is 1. The van der Waals surface area contributed by atoms with Crippen molar-refractivity contribution in [1.82, 2.24) is 20.5 Å². The minimum atomic E-state index is 0. The van der Waals surface area contributed by atoms with E-state index >= 15 is 0 Å². The molecule has 4 rings (SSSR count). The summed E-state index contributed by atoms with van der Waals surface area (Å²) in [4.78, 5) is 13.9. The lowest BCUT2D eigenvalue weighted by Gasteiger charge is -2.43. The van der Waals surface area contributed by atoms with Gasteiger partial charge in [-0.25, -0.2) is 4.98 Å². The molecular weight excluding hydrogens is 511 g/mol. The molecule has 0 radical (unpaired) electrons. The largest absolute Gasteiger partial charge is 0.356 e. The second-order valence-corrected chi connectivity index (χ2v) is 8.72. The first-order chi connectivity index (χ1) is 15.2. The van der Waals surface area contributed by atoms with E-state index in [1.807, 2.05) is 13.2 Å². The van der Waals surface area contributed by atoms with Gasteiger partial charge in [-0.1, -0.05) is 43.7 Å². The molecule has 32 heavy (non-hydrogen) atoms. The highest BCUT2D eigenvalue weighted by atomic mass is 127. The molecule has 2 N–H and O–H groups in total. The number of hydrogen-bond donors (Lipinski definition) is 2. The van der Waals surface area contributed by atoms with Crippen LogP contribution in [0, 0.1) is 0 Å². The van der Waals surface area contributed by atoms with E-state index in [2.05, 4.69) is 79.8 Å². The molecule has 6 nitrogen and oxygen atoms in total. The van der Waals surface area contributed by atoms with Crippen LogP contribution < -0.4 is 15.5 Å². The van der Waals surface area contributed by atoms with Crippen molar-refractivity contribution >= 4 is 35.8 Å². The first-order valence-electron chi connectivity index (χ1n) is 11.6. The Hall–Kier alpha value is -1.87. The monoisotopic (exact) mass is 548 g/mol. The normalized spacial score (nSPS) is 18.4. The van der Waals surface area contributed by atoms with Crippen LogP contribution in [0.4, 0.5) is 5.82 Å². The second-order valence-electron chi connectivity index (χ2n) is 8.72. The van der Waals surface area contributed by atoms with Crippen LogP contribution >= 0.6 is 24.0 Å². The summed E-state index contributed by atoms with van der Waals surface area (Å²) in [5.74, 6) is 1.94. The first-order valence-corrected chi connectivity index (χ1v) is 11.6. The fraction of sp³-hybridized carbons (Fsp3) is 0.520. The Balaban J connectivity index is 0.00000289. The van der Waals surface area contributed by atoms with Crippen LogP contribution in [0.25, 0.3) is 0 Å². The lowest BCUT2D eigenvalue weighted by atomic mass is 9.64. The molecule has 2 aromatic rings. The molecule has 0 spiro atoms. The van der Waals surface area contributed by atoms with Crippen LogP contribution in [-0.2, 0) is 12.0 Å². The highest BCUT2D eigenvalue weighted by Gasteiger charge is 2.38. The third kappa shape index (κ3) is 5.92. The van der Waals surface area contributed by atoms with Crippen LogP contribution in [0.3, 0.4) is 0 Å². The summed E-state index contributed by atoms with van der Waals surface area (Å²) >= 11 is 0. The number of nitrogens with one attached hydrogen (secondary N) is 2. The number of piperazine rings is 1. The molecule has 0 atom stereocenters. The highest BCUT2D eigenvalue weighted by Crippen LogP contribution is 2.43. The van der Waals surface area contributed by atoms with Crippen molar-refractivity contribution in [2.45, 2.75) is 38.1 Å². The Kier molecular flexibility index (Phi) is 9.16. The van der Waals surface area contributed by atoms with Crippen molar-refractivity contribution in [3.05, 3.63) is 59.8 Å². The molecule has 1 saturated heterocycles. The summed E-state index contributed by atoms with van der Waals surface area (Å²) in [6, 6.07) is 15.2. The number of nitrogens with zero attached hydrogens (tertiary/aromatic N) is 4. The van der Waals surface area contributed by atoms with Crippen molar-refractivity contribution in [3.8, 4) is 0 Å². The van der Waals surface area contributed by atoms with Gasteiger partial charge >= 0.3 is 0 Å². The molecule has 1 saturated carbocycles. The van der Waals surface area contributed by atoms with E-state index in [4.69, 9.17) is 0 Å². The molecule has 0 unspecified atom stereocenters. The molecule has 1 aromatic heterocycles. The molecule has 0 amide bonds. The topological polar surface area (TPSA) is 55.8 Å².